The van der Waals surface area contributed by atoms with Gasteiger partial charge in [0.25, 0.3) is 0 Å². The van der Waals surface area contributed by atoms with E-state index in [1.54, 1.807) is 0 Å². The van der Waals surface area contributed by atoms with Gasteiger partial charge in [-0.05, 0) is 12.0 Å². The van der Waals surface area contributed by atoms with E-state index in [0.29, 0.717) is 6.42 Å². The molecule has 0 fully saturated rings. The van der Waals surface area contributed by atoms with Gasteiger partial charge in [0.2, 0.25) is 0 Å². The summed E-state index contributed by atoms with van der Waals surface area (Å²) >= 11 is 0. The number of hydrogen-bond acceptors (Lipinski definition) is 2. The first-order chi connectivity index (χ1) is 9.43. The van der Waals surface area contributed by atoms with Gasteiger partial charge in [-0.3, -0.25) is 4.68 Å². The summed E-state index contributed by atoms with van der Waals surface area (Å²) in [5.74, 6) is 0. The van der Waals surface area contributed by atoms with Crippen LogP contribution < -0.4 is 5.73 Å². The maximum Gasteiger partial charge on any atom is 0.419 e. The molecule has 1 aromatic carbocycles. The Labute approximate surface area is 115 Å². The van der Waals surface area contributed by atoms with Crippen LogP contribution >= 0.6 is 0 Å². The minimum Gasteiger partial charge on any atom is -0.322 e. The van der Waals surface area contributed by atoms with Crippen LogP contribution in [0.1, 0.15) is 36.6 Å². The fourth-order valence-corrected chi connectivity index (χ4v) is 2.17. The molecule has 1 heterocycles. The first kappa shape index (κ1) is 14.6. The smallest absolute Gasteiger partial charge is 0.322 e. The number of alkyl halides is 3. The van der Waals surface area contributed by atoms with E-state index in [4.69, 9.17) is 5.73 Å². The molecular weight excluding hydrogens is 267 g/mol. The molecule has 2 unspecified atom stereocenters. The second kappa shape index (κ2) is 5.66. The van der Waals surface area contributed by atoms with E-state index in [9.17, 15) is 13.2 Å². The Balaban J connectivity index is 2.26. The standard InChI is InChI=1S/C14H16F3N3/c1-2-12(13(18)10-6-4-3-5-7-10)20-9-11(8-19-20)14(15,16)17/h3-9,12-13H,2,18H2,1H3. The molecule has 3 nitrogen and oxygen atoms in total. The van der Waals surface area contributed by atoms with Crippen molar-refractivity contribution in [2.24, 2.45) is 5.73 Å². The summed E-state index contributed by atoms with van der Waals surface area (Å²) in [6, 6.07) is 8.59. The zero-order valence-electron chi connectivity index (χ0n) is 11.0. The minimum absolute atomic E-state index is 0.312. The first-order valence-corrected chi connectivity index (χ1v) is 6.35. The van der Waals surface area contributed by atoms with E-state index in [0.717, 1.165) is 18.0 Å². The van der Waals surface area contributed by atoms with Gasteiger partial charge >= 0.3 is 6.18 Å². The zero-order valence-corrected chi connectivity index (χ0v) is 11.0. The minimum atomic E-state index is -4.38. The van der Waals surface area contributed by atoms with Gasteiger partial charge in [0.05, 0.1) is 23.8 Å². The van der Waals surface area contributed by atoms with Gasteiger partial charge in [-0.2, -0.15) is 18.3 Å². The Morgan fingerprint density at radius 2 is 1.90 bits per heavy atom. The number of halogens is 3. The molecule has 108 valence electrons. The van der Waals surface area contributed by atoms with Crippen LogP contribution in [0.15, 0.2) is 42.7 Å². The van der Waals surface area contributed by atoms with Crippen molar-refractivity contribution < 1.29 is 13.2 Å². The molecule has 0 spiro atoms. The molecule has 20 heavy (non-hydrogen) atoms. The van der Waals surface area contributed by atoms with Crippen molar-refractivity contribution >= 4 is 0 Å². The Hall–Kier alpha value is -1.82. The van der Waals surface area contributed by atoms with Crippen molar-refractivity contribution in [2.45, 2.75) is 31.6 Å². The van der Waals surface area contributed by atoms with Crippen LogP contribution in [0.2, 0.25) is 0 Å². The van der Waals surface area contributed by atoms with Crippen molar-refractivity contribution in [1.29, 1.82) is 0 Å². The Bertz CT molecular complexity index is 548. The van der Waals surface area contributed by atoms with Gasteiger partial charge in [0, 0.05) is 6.20 Å². The van der Waals surface area contributed by atoms with E-state index in [1.807, 2.05) is 37.3 Å². The first-order valence-electron chi connectivity index (χ1n) is 6.35. The molecule has 2 N–H and O–H groups in total. The van der Waals surface area contributed by atoms with Gasteiger partial charge in [-0.25, -0.2) is 0 Å². The Morgan fingerprint density at radius 3 is 2.40 bits per heavy atom. The number of hydrogen-bond donors (Lipinski definition) is 1. The van der Waals surface area contributed by atoms with Crippen LogP contribution in [0, 0.1) is 0 Å². The molecule has 0 aliphatic heterocycles. The zero-order chi connectivity index (χ0) is 14.8. The van der Waals surface area contributed by atoms with Crippen LogP contribution in [-0.2, 0) is 6.18 Å². The molecule has 6 heteroatoms. The maximum atomic E-state index is 12.6. The van der Waals surface area contributed by atoms with Gasteiger partial charge in [0.1, 0.15) is 0 Å². The molecule has 0 aliphatic rings. The largest absolute Gasteiger partial charge is 0.419 e. The molecule has 1 aromatic heterocycles. The highest BCUT2D eigenvalue weighted by Crippen LogP contribution is 2.32. The lowest BCUT2D eigenvalue weighted by Gasteiger charge is -2.23. The quantitative estimate of drug-likeness (QED) is 0.932. The molecular formula is C14H16F3N3. The third kappa shape index (κ3) is 3.01. The Morgan fingerprint density at radius 1 is 1.25 bits per heavy atom. The summed E-state index contributed by atoms with van der Waals surface area (Å²) < 4.78 is 39.1. The van der Waals surface area contributed by atoms with Crippen LogP contribution in [0.3, 0.4) is 0 Å². The van der Waals surface area contributed by atoms with Crippen molar-refractivity contribution in [3.8, 4) is 0 Å². The second-order valence-electron chi connectivity index (χ2n) is 4.62. The van der Waals surface area contributed by atoms with E-state index in [-0.39, 0.29) is 6.04 Å². The van der Waals surface area contributed by atoms with Gasteiger partial charge in [-0.15, -0.1) is 0 Å². The van der Waals surface area contributed by atoms with Crippen LogP contribution in [0.25, 0.3) is 0 Å². The topological polar surface area (TPSA) is 43.8 Å². The number of nitrogens with zero attached hydrogens (tertiary/aromatic N) is 2. The van der Waals surface area contributed by atoms with Crippen LogP contribution in [0.5, 0.6) is 0 Å². The second-order valence-corrected chi connectivity index (χ2v) is 4.62. The molecule has 0 saturated carbocycles. The van der Waals surface area contributed by atoms with E-state index < -0.39 is 17.8 Å². The van der Waals surface area contributed by atoms with Crippen molar-refractivity contribution in [1.82, 2.24) is 9.78 Å². The Kier molecular flexibility index (Phi) is 4.13. The van der Waals surface area contributed by atoms with Gasteiger partial charge in [0.15, 0.2) is 0 Å². The van der Waals surface area contributed by atoms with Gasteiger partial charge in [-0.1, -0.05) is 37.3 Å². The molecule has 0 aliphatic carbocycles. The molecule has 0 radical (unpaired) electrons. The maximum absolute atomic E-state index is 12.6. The summed E-state index contributed by atoms with van der Waals surface area (Å²) in [5.41, 5.74) is 6.28. The summed E-state index contributed by atoms with van der Waals surface area (Å²) in [5, 5.41) is 3.82. The number of nitrogens with two attached hydrogens (primary N) is 1. The molecule has 2 rings (SSSR count). The fraction of sp³-hybridized carbons (Fsp3) is 0.357. The average Bonchev–Trinajstić information content (AvgIpc) is 2.90. The van der Waals surface area contributed by atoms with Gasteiger partial charge < -0.3 is 5.73 Å². The third-order valence-electron chi connectivity index (χ3n) is 3.29. The lowest BCUT2D eigenvalue weighted by Crippen LogP contribution is -2.24. The molecule has 2 aromatic rings. The number of rotatable bonds is 4. The highest BCUT2D eigenvalue weighted by molar-refractivity contribution is 5.20. The number of benzene rings is 1. The summed E-state index contributed by atoms with van der Waals surface area (Å²) in [4.78, 5) is 0. The molecule has 2 atom stereocenters. The summed E-state index contributed by atoms with van der Waals surface area (Å²) in [7, 11) is 0. The molecule has 0 bridgehead atoms. The predicted molar refractivity (Wildman–Crippen MR) is 69.9 cm³/mol. The van der Waals surface area contributed by atoms with E-state index >= 15 is 0 Å². The lowest BCUT2D eigenvalue weighted by atomic mass is 9.98. The third-order valence-corrected chi connectivity index (χ3v) is 3.29. The summed E-state index contributed by atoms with van der Waals surface area (Å²) in [6.45, 7) is 1.88. The van der Waals surface area contributed by atoms with E-state index in [1.165, 1.54) is 4.68 Å². The van der Waals surface area contributed by atoms with Crippen molar-refractivity contribution in [3.63, 3.8) is 0 Å². The lowest BCUT2D eigenvalue weighted by molar-refractivity contribution is -0.137. The highest BCUT2D eigenvalue weighted by atomic mass is 19.4. The molecule has 0 amide bonds. The SMILES string of the molecule is CCC(C(N)c1ccccc1)n1cc(C(F)(F)F)cn1. The monoisotopic (exact) mass is 283 g/mol. The van der Waals surface area contributed by atoms with Crippen molar-refractivity contribution in [3.05, 3.63) is 53.9 Å². The van der Waals surface area contributed by atoms with Crippen molar-refractivity contribution in [2.75, 3.05) is 0 Å². The predicted octanol–water partition coefficient (Wildman–Crippen LogP) is 3.55. The van der Waals surface area contributed by atoms with Crippen LogP contribution in [0.4, 0.5) is 13.2 Å². The summed E-state index contributed by atoms with van der Waals surface area (Å²) in [6.07, 6.45) is -1.94. The van der Waals surface area contributed by atoms with Crippen LogP contribution in [-0.4, -0.2) is 9.78 Å². The number of aromatic nitrogens is 2. The highest BCUT2D eigenvalue weighted by Gasteiger charge is 2.33. The molecule has 0 saturated heterocycles. The fourth-order valence-electron chi connectivity index (χ4n) is 2.17. The van der Waals surface area contributed by atoms with E-state index in [2.05, 4.69) is 5.10 Å². The average molecular weight is 283 g/mol. The normalized spacial score (nSPS) is 15.1.